The van der Waals surface area contributed by atoms with E-state index in [4.69, 9.17) is 9.47 Å². The Bertz CT molecular complexity index is 712. The normalized spacial score (nSPS) is 23.1. The lowest BCUT2D eigenvalue weighted by Crippen LogP contribution is -2.37. The van der Waals surface area contributed by atoms with Crippen LogP contribution in [0.2, 0.25) is 0 Å². The highest BCUT2D eigenvalue weighted by atomic mass is 16.5. The fourth-order valence-corrected chi connectivity index (χ4v) is 3.01. The zero-order valence-electron chi connectivity index (χ0n) is 11.7. The number of esters is 1. The van der Waals surface area contributed by atoms with Crippen molar-refractivity contribution in [3.63, 3.8) is 0 Å². The molecule has 1 fully saturated rings. The maximum atomic E-state index is 11.9. The number of ether oxygens (including phenoxy) is 2. The molecular weight excluding hydrogens is 272 g/mol. The Kier molecular flexibility index (Phi) is 2.73. The minimum atomic E-state index is -0.407. The summed E-state index contributed by atoms with van der Waals surface area (Å²) in [6.45, 7) is 2.10. The van der Waals surface area contributed by atoms with Gasteiger partial charge in [0.2, 0.25) is 0 Å². The molecule has 21 heavy (non-hydrogen) atoms. The summed E-state index contributed by atoms with van der Waals surface area (Å²) in [6, 6.07) is 0.307. The zero-order valence-corrected chi connectivity index (χ0v) is 11.7. The molecule has 0 bridgehead atoms. The van der Waals surface area contributed by atoms with E-state index in [9.17, 15) is 4.79 Å². The highest BCUT2D eigenvalue weighted by Gasteiger charge is 2.35. The van der Waals surface area contributed by atoms with Crippen molar-refractivity contribution in [2.45, 2.75) is 38.3 Å². The minimum Gasteiger partial charge on any atom is -0.483 e. The van der Waals surface area contributed by atoms with Gasteiger partial charge in [0, 0.05) is 0 Å². The topological polar surface area (TPSA) is 77.8 Å². The molecule has 3 heterocycles. The second-order valence-electron chi connectivity index (χ2n) is 5.34. The molecule has 110 valence electrons. The van der Waals surface area contributed by atoms with Gasteiger partial charge in [0.15, 0.2) is 17.2 Å². The van der Waals surface area contributed by atoms with Crippen molar-refractivity contribution in [3.05, 3.63) is 18.0 Å². The van der Waals surface area contributed by atoms with Gasteiger partial charge in [-0.2, -0.15) is 5.10 Å². The van der Waals surface area contributed by atoms with E-state index < -0.39 is 5.97 Å². The van der Waals surface area contributed by atoms with Gasteiger partial charge in [0.25, 0.3) is 0 Å². The lowest BCUT2D eigenvalue weighted by Gasteiger charge is -2.29. The largest absolute Gasteiger partial charge is 0.483 e. The summed E-state index contributed by atoms with van der Waals surface area (Å²) >= 11 is 0. The standard InChI is InChI=1S/C14H16N4O3/c1-2-20-14(19)8-6-15-18-7-11-12(17-13(8)18)16-9-4-3-5-10(9)21-11/h6-7,9-10H,2-5H2,1H3,(H,16,17)/t9-,10-/m1/s1. The van der Waals surface area contributed by atoms with Gasteiger partial charge in [-0.1, -0.05) is 0 Å². The number of aromatic nitrogens is 3. The van der Waals surface area contributed by atoms with Crippen LogP contribution in [-0.4, -0.2) is 39.3 Å². The molecule has 2 aromatic rings. The quantitative estimate of drug-likeness (QED) is 0.846. The van der Waals surface area contributed by atoms with E-state index in [0.29, 0.717) is 35.4 Å². The minimum absolute atomic E-state index is 0.205. The van der Waals surface area contributed by atoms with E-state index in [2.05, 4.69) is 15.4 Å². The van der Waals surface area contributed by atoms with E-state index in [1.807, 2.05) is 0 Å². The predicted molar refractivity (Wildman–Crippen MR) is 74.6 cm³/mol. The van der Waals surface area contributed by atoms with Crippen molar-refractivity contribution in [3.8, 4) is 5.75 Å². The van der Waals surface area contributed by atoms with Crippen molar-refractivity contribution >= 4 is 17.4 Å². The second-order valence-corrected chi connectivity index (χ2v) is 5.34. The summed E-state index contributed by atoms with van der Waals surface area (Å²) in [4.78, 5) is 16.4. The van der Waals surface area contributed by atoms with Crippen LogP contribution in [0.5, 0.6) is 5.75 Å². The smallest absolute Gasteiger partial charge is 0.343 e. The van der Waals surface area contributed by atoms with E-state index in [1.165, 1.54) is 6.20 Å². The molecule has 0 unspecified atom stereocenters. The summed E-state index contributed by atoms with van der Waals surface area (Å²) in [6.07, 6.45) is 6.75. The maximum Gasteiger partial charge on any atom is 0.343 e. The number of rotatable bonds is 2. The number of hydrogen-bond donors (Lipinski definition) is 1. The molecule has 2 aromatic heterocycles. The van der Waals surface area contributed by atoms with Crippen LogP contribution < -0.4 is 10.1 Å². The molecule has 1 N–H and O–H groups in total. The molecule has 7 nitrogen and oxygen atoms in total. The predicted octanol–water partition coefficient (Wildman–Crippen LogP) is 1.63. The molecule has 7 heteroatoms. The Morgan fingerprint density at radius 2 is 2.48 bits per heavy atom. The molecule has 0 aromatic carbocycles. The van der Waals surface area contributed by atoms with Gasteiger partial charge in [-0.3, -0.25) is 0 Å². The summed E-state index contributed by atoms with van der Waals surface area (Å²) in [5, 5.41) is 7.57. The van der Waals surface area contributed by atoms with E-state index >= 15 is 0 Å². The fraction of sp³-hybridized carbons (Fsp3) is 0.500. The highest BCUT2D eigenvalue weighted by Crippen LogP contribution is 2.36. The van der Waals surface area contributed by atoms with Crippen LogP contribution in [-0.2, 0) is 4.74 Å². The lowest BCUT2D eigenvalue weighted by atomic mass is 10.2. The number of carbonyl (C=O) groups is 1. The Balaban J connectivity index is 1.76. The number of fused-ring (bicyclic) bond motifs is 3. The molecular formula is C14H16N4O3. The summed E-state index contributed by atoms with van der Waals surface area (Å²) < 4.78 is 12.6. The second kappa shape index (κ2) is 4.61. The molecule has 2 aliphatic rings. The van der Waals surface area contributed by atoms with Crippen LogP contribution in [0.3, 0.4) is 0 Å². The van der Waals surface area contributed by atoms with E-state index in [-0.39, 0.29) is 6.10 Å². The fourth-order valence-electron chi connectivity index (χ4n) is 3.01. The average Bonchev–Trinajstić information content (AvgIpc) is 3.08. The third-order valence-electron chi connectivity index (χ3n) is 4.01. The Morgan fingerprint density at radius 3 is 3.33 bits per heavy atom. The Labute approximate surface area is 121 Å². The van der Waals surface area contributed by atoms with Crippen LogP contribution in [0.4, 0.5) is 5.82 Å². The maximum absolute atomic E-state index is 11.9. The van der Waals surface area contributed by atoms with Gasteiger partial charge in [-0.05, 0) is 26.2 Å². The van der Waals surface area contributed by atoms with Gasteiger partial charge in [0.05, 0.1) is 25.0 Å². The number of nitrogens with zero attached hydrogens (tertiary/aromatic N) is 3. The Morgan fingerprint density at radius 1 is 1.57 bits per heavy atom. The van der Waals surface area contributed by atoms with Crippen LogP contribution >= 0.6 is 0 Å². The van der Waals surface area contributed by atoms with Crippen LogP contribution in [0.25, 0.3) is 5.65 Å². The van der Waals surface area contributed by atoms with Gasteiger partial charge in [0.1, 0.15) is 11.7 Å². The first-order chi connectivity index (χ1) is 10.3. The highest BCUT2D eigenvalue weighted by molar-refractivity contribution is 5.95. The first-order valence-electron chi connectivity index (χ1n) is 7.25. The van der Waals surface area contributed by atoms with Gasteiger partial charge >= 0.3 is 5.97 Å². The number of anilines is 1. The van der Waals surface area contributed by atoms with Crippen molar-refractivity contribution in [1.29, 1.82) is 0 Å². The molecule has 4 rings (SSSR count). The number of hydrogen-bond acceptors (Lipinski definition) is 6. The van der Waals surface area contributed by atoms with Gasteiger partial charge in [-0.25, -0.2) is 14.3 Å². The molecule has 1 saturated carbocycles. The van der Waals surface area contributed by atoms with Crippen LogP contribution in [0.15, 0.2) is 12.4 Å². The van der Waals surface area contributed by atoms with Gasteiger partial charge in [-0.15, -0.1) is 0 Å². The summed E-state index contributed by atoms with van der Waals surface area (Å²) in [5.41, 5.74) is 0.856. The molecule has 0 amide bonds. The Hall–Kier alpha value is -2.31. The van der Waals surface area contributed by atoms with E-state index in [1.54, 1.807) is 17.6 Å². The van der Waals surface area contributed by atoms with Crippen LogP contribution in [0.1, 0.15) is 36.5 Å². The van der Waals surface area contributed by atoms with Crippen molar-refractivity contribution in [1.82, 2.24) is 14.6 Å². The zero-order chi connectivity index (χ0) is 14.4. The molecule has 2 atom stereocenters. The molecule has 0 radical (unpaired) electrons. The summed E-state index contributed by atoms with van der Waals surface area (Å²) in [7, 11) is 0. The van der Waals surface area contributed by atoms with Crippen molar-refractivity contribution in [2.75, 3.05) is 11.9 Å². The SMILES string of the molecule is CCOC(=O)c1cnn2cc3c(nc12)N[C@@H]1CCC[C@H]1O3. The van der Waals surface area contributed by atoms with E-state index in [0.717, 1.165) is 19.3 Å². The molecule has 1 aliphatic carbocycles. The monoisotopic (exact) mass is 288 g/mol. The number of nitrogens with one attached hydrogen (secondary N) is 1. The van der Waals surface area contributed by atoms with Gasteiger partial charge < -0.3 is 14.8 Å². The van der Waals surface area contributed by atoms with Crippen LogP contribution in [0, 0.1) is 0 Å². The molecule has 1 aliphatic heterocycles. The lowest BCUT2D eigenvalue weighted by molar-refractivity contribution is 0.0528. The van der Waals surface area contributed by atoms with Crippen molar-refractivity contribution < 1.29 is 14.3 Å². The first-order valence-corrected chi connectivity index (χ1v) is 7.25. The average molecular weight is 288 g/mol. The molecule has 0 saturated heterocycles. The third kappa shape index (κ3) is 1.91. The van der Waals surface area contributed by atoms with Crippen molar-refractivity contribution in [2.24, 2.45) is 0 Å². The molecule has 0 spiro atoms. The summed E-state index contributed by atoms with van der Waals surface area (Å²) in [5.74, 6) is 0.955. The number of carbonyl (C=O) groups excluding carboxylic acids is 1. The third-order valence-corrected chi connectivity index (χ3v) is 4.01. The first kappa shape index (κ1) is 12.4.